The normalized spacial score (nSPS) is 17.0. The van der Waals surface area contributed by atoms with Gasteiger partial charge < -0.3 is 5.32 Å². The number of carbonyl (C=O) groups is 1. The first-order valence-corrected chi connectivity index (χ1v) is 5.76. The maximum atomic E-state index is 11.9. The minimum absolute atomic E-state index is 0.144. The summed E-state index contributed by atoms with van der Waals surface area (Å²) < 4.78 is 1.77. The first-order valence-electron chi connectivity index (χ1n) is 5.76. The molecule has 0 radical (unpaired) electrons. The van der Waals surface area contributed by atoms with Gasteiger partial charge in [-0.15, -0.1) is 0 Å². The molecule has 1 fully saturated rings. The summed E-state index contributed by atoms with van der Waals surface area (Å²) in [6.45, 7) is 2.40. The number of aryl methyl sites for hydroxylation is 1. The van der Waals surface area contributed by atoms with Crippen LogP contribution in [0.2, 0.25) is 0 Å². The molecule has 90 valence electrons. The summed E-state index contributed by atoms with van der Waals surface area (Å²) in [5, 5.41) is 16.0. The Bertz CT molecular complexity index is 479. The van der Waals surface area contributed by atoms with Crippen LogP contribution in [0, 0.1) is 23.7 Å². The van der Waals surface area contributed by atoms with E-state index in [2.05, 4.69) is 16.5 Å². The summed E-state index contributed by atoms with van der Waals surface area (Å²) in [7, 11) is 1.86. The van der Waals surface area contributed by atoms with E-state index in [1.54, 1.807) is 10.9 Å². The molecule has 17 heavy (non-hydrogen) atoms. The zero-order chi connectivity index (χ0) is 12.5. The number of rotatable bonds is 3. The number of nitrogens with zero attached hydrogens (tertiary/aromatic N) is 3. The highest BCUT2D eigenvalue weighted by Gasteiger charge is 2.44. The fourth-order valence-corrected chi connectivity index (χ4v) is 1.98. The van der Waals surface area contributed by atoms with Gasteiger partial charge in [-0.05, 0) is 26.2 Å². The summed E-state index contributed by atoms with van der Waals surface area (Å²) in [6.07, 6.45) is 4.07. The molecule has 0 aliphatic heterocycles. The van der Waals surface area contributed by atoms with Crippen LogP contribution in [0.25, 0.3) is 0 Å². The largest absolute Gasteiger partial charge is 0.351 e. The number of hydrogen-bond donors (Lipinski definition) is 1. The second kappa shape index (κ2) is 4.21. The molecular formula is C12H16N4O. The van der Waals surface area contributed by atoms with Crippen LogP contribution in [-0.4, -0.2) is 15.7 Å². The predicted molar refractivity (Wildman–Crippen MR) is 61.7 cm³/mol. The Hall–Kier alpha value is -1.83. The van der Waals surface area contributed by atoms with E-state index < -0.39 is 5.41 Å². The summed E-state index contributed by atoms with van der Waals surface area (Å²) >= 11 is 0. The monoisotopic (exact) mass is 232 g/mol. The van der Waals surface area contributed by atoms with E-state index in [0.29, 0.717) is 19.4 Å². The van der Waals surface area contributed by atoms with Crippen LogP contribution in [0.15, 0.2) is 6.20 Å². The first kappa shape index (κ1) is 11.6. The van der Waals surface area contributed by atoms with Gasteiger partial charge in [0.15, 0.2) is 0 Å². The highest BCUT2D eigenvalue weighted by molar-refractivity contribution is 5.86. The van der Waals surface area contributed by atoms with Crippen LogP contribution in [0.5, 0.6) is 0 Å². The van der Waals surface area contributed by atoms with E-state index in [-0.39, 0.29) is 5.91 Å². The smallest absolute Gasteiger partial charge is 0.240 e. The molecule has 1 N–H and O–H groups in total. The molecule has 5 nitrogen and oxygen atoms in total. The summed E-state index contributed by atoms with van der Waals surface area (Å²) in [4.78, 5) is 11.9. The summed E-state index contributed by atoms with van der Waals surface area (Å²) in [6, 6.07) is 2.14. The Morgan fingerprint density at radius 2 is 2.41 bits per heavy atom. The summed E-state index contributed by atoms with van der Waals surface area (Å²) in [5.74, 6) is -0.144. The molecule has 0 spiro atoms. The number of nitrogens with one attached hydrogen (secondary N) is 1. The van der Waals surface area contributed by atoms with E-state index in [9.17, 15) is 4.79 Å². The second-order valence-corrected chi connectivity index (χ2v) is 4.61. The lowest BCUT2D eigenvalue weighted by molar-refractivity contribution is -0.131. The molecule has 0 aromatic carbocycles. The SMILES string of the molecule is Cc1c(CNC(=O)C2(C#N)CCC2)cnn1C. The Morgan fingerprint density at radius 3 is 2.82 bits per heavy atom. The Morgan fingerprint density at radius 1 is 1.71 bits per heavy atom. The molecule has 1 saturated carbocycles. The summed E-state index contributed by atoms with van der Waals surface area (Å²) in [5.41, 5.74) is 1.26. The lowest BCUT2D eigenvalue weighted by Gasteiger charge is -2.33. The van der Waals surface area contributed by atoms with E-state index >= 15 is 0 Å². The van der Waals surface area contributed by atoms with Crippen LogP contribution in [0.4, 0.5) is 0 Å². The van der Waals surface area contributed by atoms with Gasteiger partial charge in [0.1, 0.15) is 5.41 Å². The maximum absolute atomic E-state index is 11.9. The van der Waals surface area contributed by atoms with Gasteiger partial charge in [-0.1, -0.05) is 0 Å². The van der Waals surface area contributed by atoms with Gasteiger partial charge in [0.2, 0.25) is 5.91 Å². The maximum Gasteiger partial charge on any atom is 0.240 e. The van der Waals surface area contributed by atoms with E-state index in [4.69, 9.17) is 5.26 Å². The van der Waals surface area contributed by atoms with E-state index in [1.165, 1.54) is 0 Å². The van der Waals surface area contributed by atoms with Crippen molar-refractivity contribution in [1.29, 1.82) is 5.26 Å². The molecule has 0 unspecified atom stereocenters. The molecule has 1 aromatic rings. The molecule has 5 heteroatoms. The molecule has 1 aliphatic rings. The molecule has 0 bridgehead atoms. The number of carbonyl (C=O) groups excluding carboxylic acids is 1. The zero-order valence-electron chi connectivity index (χ0n) is 10.2. The molecule has 1 aromatic heterocycles. The molecule has 1 aliphatic carbocycles. The van der Waals surface area contributed by atoms with Gasteiger partial charge in [-0.3, -0.25) is 9.48 Å². The first-order chi connectivity index (χ1) is 8.09. The van der Waals surface area contributed by atoms with Gasteiger partial charge in [-0.25, -0.2) is 0 Å². The molecular weight excluding hydrogens is 216 g/mol. The van der Waals surface area contributed by atoms with Crippen LogP contribution in [0.3, 0.4) is 0 Å². The predicted octanol–water partition coefficient (Wildman–Crippen LogP) is 1.04. The molecule has 0 atom stereocenters. The van der Waals surface area contributed by atoms with E-state index in [0.717, 1.165) is 17.7 Å². The van der Waals surface area contributed by atoms with Crippen molar-refractivity contribution in [2.24, 2.45) is 12.5 Å². The van der Waals surface area contributed by atoms with E-state index in [1.807, 2.05) is 14.0 Å². The van der Waals surface area contributed by atoms with Gasteiger partial charge in [-0.2, -0.15) is 10.4 Å². The minimum atomic E-state index is -0.768. The minimum Gasteiger partial charge on any atom is -0.351 e. The number of amides is 1. The number of hydrogen-bond acceptors (Lipinski definition) is 3. The number of nitriles is 1. The fraction of sp³-hybridized carbons (Fsp3) is 0.583. The van der Waals surface area contributed by atoms with Crippen molar-refractivity contribution in [3.63, 3.8) is 0 Å². The van der Waals surface area contributed by atoms with Crippen molar-refractivity contribution in [1.82, 2.24) is 15.1 Å². The topological polar surface area (TPSA) is 70.7 Å². The average molecular weight is 232 g/mol. The van der Waals surface area contributed by atoms with Crippen LogP contribution < -0.4 is 5.32 Å². The van der Waals surface area contributed by atoms with Crippen molar-refractivity contribution in [2.45, 2.75) is 32.7 Å². The molecule has 1 amide bonds. The zero-order valence-corrected chi connectivity index (χ0v) is 10.2. The third-order valence-electron chi connectivity index (χ3n) is 3.63. The third-order valence-corrected chi connectivity index (χ3v) is 3.63. The van der Waals surface area contributed by atoms with Crippen molar-refractivity contribution < 1.29 is 4.79 Å². The highest BCUT2D eigenvalue weighted by Crippen LogP contribution is 2.40. The fourth-order valence-electron chi connectivity index (χ4n) is 1.98. The van der Waals surface area contributed by atoms with Gasteiger partial charge in [0.05, 0.1) is 12.3 Å². The Kier molecular flexibility index (Phi) is 2.88. The van der Waals surface area contributed by atoms with Crippen molar-refractivity contribution in [3.05, 3.63) is 17.5 Å². The Labute approximate surface area is 100 Å². The highest BCUT2D eigenvalue weighted by atomic mass is 16.2. The molecule has 2 rings (SSSR count). The van der Waals surface area contributed by atoms with Gasteiger partial charge in [0.25, 0.3) is 0 Å². The van der Waals surface area contributed by atoms with Crippen molar-refractivity contribution in [2.75, 3.05) is 0 Å². The van der Waals surface area contributed by atoms with Crippen molar-refractivity contribution >= 4 is 5.91 Å². The Balaban J connectivity index is 1.97. The van der Waals surface area contributed by atoms with Crippen LogP contribution in [0.1, 0.15) is 30.5 Å². The standard InChI is InChI=1S/C12H16N4O/c1-9-10(7-15-16(9)2)6-14-11(17)12(8-13)4-3-5-12/h7H,3-6H2,1-2H3,(H,14,17). The van der Waals surface area contributed by atoms with Gasteiger partial charge in [0, 0.05) is 24.8 Å². The third kappa shape index (κ3) is 1.91. The average Bonchev–Trinajstić information content (AvgIpc) is 2.56. The lowest BCUT2D eigenvalue weighted by Crippen LogP contribution is -2.44. The van der Waals surface area contributed by atoms with Crippen LogP contribution >= 0.6 is 0 Å². The second-order valence-electron chi connectivity index (χ2n) is 4.61. The quantitative estimate of drug-likeness (QED) is 0.846. The molecule has 0 saturated heterocycles. The molecule has 1 heterocycles. The number of aromatic nitrogens is 2. The van der Waals surface area contributed by atoms with Crippen LogP contribution in [-0.2, 0) is 18.4 Å². The lowest BCUT2D eigenvalue weighted by atomic mass is 9.69. The van der Waals surface area contributed by atoms with Crippen molar-refractivity contribution in [3.8, 4) is 6.07 Å². The van der Waals surface area contributed by atoms with Gasteiger partial charge >= 0.3 is 0 Å².